The Bertz CT molecular complexity index is 200. The Hall–Kier alpha value is -0.120. The van der Waals surface area contributed by atoms with E-state index in [1.165, 1.54) is 64.7 Å². The number of hydrogen-bond donors (Lipinski definition) is 2. The van der Waals surface area contributed by atoms with E-state index in [9.17, 15) is 0 Å². The maximum absolute atomic E-state index is 3.69. The van der Waals surface area contributed by atoms with E-state index in [0.717, 1.165) is 12.6 Å². The molecule has 0 aromatic carbocycles. The Kier molecular flexibility index (Phi) is 9.48. The summed E-state index contributed by atoms with van der Waals surface area (Å²) in [6.45, 7) is 12.8. The van der Waals surface area contributed by atoms with Crippen LogP contribution in [0.25, 0.3) is 0 Å². The summed E-state index contributed by atoms with van der Waals surface area (Å²) < 4.78 is 0. The fourth-order valence-electron chi connectivity index (χ4n) is 3.03. The Morgan fingerprint density at radius 1 is 1.21 bits per heavy atom. The number of hydrogen-bond acceptors (Lipinski definition) is 3. The van der Waals surface area contributed by atoms with E-state index >= 15 is 0 Å². The molecule has 3 heteroatoms. The van der Waals surface area contributed by atoms with Gasteiger partial charge in [0.15, 0.2) is 0 Å². The van der Waals surface area contributed by atoms with Crippen molar-refractivity contribution in [2.24, 2.45) is 0 Å². The minimum absolute atomic E-state index is 0.635. The first kappa shape index (κ1) is 16.9. The third-order valence-electron chi connectivity index (χ3n) is 4.21. The summed E-state index contributed by atoms with van der Waals surface area (Å²) in [5.41, 5.74) is 0. The Morgan fingerprint density at radius 3 is 2.79 bits per heavy atom. The van der Waals surface area contributed by atoms with E-state index in [-0.39, 0.29) is 0 Å². The molecule has 0 aromatic heterocycles. The highest BCUT2D eigenvalue weighted by molar-refractivity contribution is 4.76. The molecule has 0 amide bonds. The highest BCUT2D eigenvalue weighted by atomic mass is 15.1. The lowest BCUT2D eigenvalue weighted by Gasteiger charge is -2.24. The van der Waals surface area contributed by atoms with Crippen molar-refractivity contribution in [2.75, 3.05) is 32.7 Å². The predicted octanol–water partition coefficient (Wildman–Crippen LogP) is 2.62. The lowest BCUT2D eigenvalue weighted by Crippen LogP contribution is -2.40. The lowest BCUT2D eigenvalue weighted by atomic mass is 10.0. The maximum atomic E-state index is 3.69. The average Bonchev–Trinajstić information content (AvgIpc) is 2.66. The molecule has 2 N–H and O–H groups in total. The van der Waals surface area contributed by atoms with Gasteiger partial charge in [-0.25, -0.2) is 0 Å². The molecule has 1 aliphatic heterocycles. The minimum Gasteiger partial charge on any atom is -0.314 e. The van der Waals surface area contributed by atoms with Gasteiger partial charge >= 0.3 is 0 Å². The number of nitrogens with one attached hydrogen (secondary N) is 2. The lowest BCUT2D eigenvalue weighted by molar-refractivity contribution is 0.279. The quantitative estimate of drug-likeness (QED) is 0.674. The van der Waals surface area contributed by atoms with Gasteiger partial charge in [-0.15, -0.1) is 0 Å². The van der Waals surface area contributed by atoms with Gasteiger partial charge in [0, 0.05) is 25.2 Å². The standard InChI is InChI=1S/C16H35N3/c1-4-12-19(5-2)13-11-17-15(3)14-16-9-7-6-8-10-18-16/h15-18H,4-14H2,1-3H3. The molecule has 0 bridgehead atoms. The zero-order valence-corrected chi connectivity index (χ0v) is 13.4. The fraction of sp³-hybridized carbons (Fsp3) is 1.00. The number of likely N-dealkylation sites (N-methyl/N-ethyl adjacent to an activating group) is 1. The van der Waals surface area contributed by atoms with Gasteiger partial charge in [-0.3, -0.25) is 0 Å². The first-order valence-corrected chi connectivity index (χ1v) is 8.45. The van der Waals surface area contributed by atoms with Crippen LogP contribution in [0, 0.1) is 0 Å². The van der Waals surface area contributed by atoms with Crippen LogP contribution in [-0.2, 0) is 0 Å². The average molecular weight is 269 g/mol. The monoisotopic (exact) mass is 269 g/mol. The van der Waals surface area contributed by atoms with Gasteiger partial charge in [-0.2, -0.15) is 0 Å². The van der Waals surface area contributed by atoms with Gasteiger partial charge in [-0.1, -0.05) is 26.7 Å². The topological polar surface area (TPSA) is 27.3 Å². The molecule has 0 spiro atoms. The second kappa shape index (κ2) is 10.6. The van der Waals surface area contributed by atoms with Crippen molar-refractivity contribution < 1.29 is 0 Å². The van der Waals surface area contributed by atoms with Gasteiger partial charge < -0.3 is 15.5 Å². The molecular formula is C16H35N3. The molecule has 0 aliphatic carbocycles. The van der Waals surface area contributed by atoms with Crippen LogP contribution in [0.4, 0.5) is 0 Å². The largest absolute Gasteiger partial charge is 0.314 e. The van der Waals surface area contributed by atoms with Crippen molar-refractivity contribution in [3.05, 3.63) is 0 Å². The van der Waals surface area contributed by atoms with Crippen LogP contribution in [0.3, 0.4) is 0 Å². The summed E-state index contributed by atoms with van der Waals surface area (Å²) in [6, 6.07) is 1.37. The molecule has 114 valence electrons. The first-order valence-electron chi connectivity index (χ1n) is 8.45. The van der Waals surface area contributed by atoms with E-state index in [1.807, 2.05) is 0 Å². The van der Waals surface area contributed by atoms with Crippen LogP contribution in [0.2, 0.25) is 0 Å². The van der Waals surface area contributed by atoms with E-state index in [2.05, 4.69) is 36.3 Å². The Labute approximate surface area is 120 Å². The molecule has 1 rings (SSSR count). The van der Waals surface area contributed by atoms with Gasteiger partial charge in [0.2, 0.25) is 0 Å². The van der Waals surface area contributed by atoms with E-state index < -0.39 is 0 Å². The fourth-order valence-corrected chi connectivity index (χ4v) is 3.03. The van der Waals surface area contributed by atoms with Crippen LogP contribution in [0.5, 0.6) is 0 Å². The third kappa shape index (κ3) is 7.91. The summed E-state index contributed by atoms with van der Waals surface area (Å²) in [5, 5.41) is 7.38. The van der Waals surface area contributed by atoms with Crippen molar-refractivity contribution in [3.63, 3.8) is 0 Å². The third-order valence-corrected chi connectivity index (χ3v) is 4.21. The minimum atomic E-state index is 0.635. The van der Waals surface area contributed by atoms with Crippen LogP contribution in [0.15, 0.2) is 0 Å². The highest BCUT2D eigenvalue weighted by Gasteiger charge is 2.14. The van der Waals surface area contributed by atoms with Crippen LogP contribution in [-0.4, -0.2) is 49.7 Å². The smallest absolute Gasteiger partial charge is 0.0107 e. The second-order valence-electron chi connectivity index (χ2n) is 6.03. The summed E-state index contributed by atoms with van der Waals surface area (Å²) >= 11 is 0. The van der Waals surface area contributed by atoms with E-state index in [0.29, 0.717) is 6.04 Å². The molecular weight excluding hydrogens is 234 g/mol. The molecule has 2 unspecified atom stereocenters. The van der Waals surface area contributed by atoms with Crippen molar-refractivity contribution in [3.8, 4) is 0 Å². The van der Waals surface area contributed by atoms with Crippen LogP contribution in [0.1, 0.15) is 59.3 Å². The summed E-state index contributed by atoms with van der Waals surface area (Å²) in [6.07, 6.45) is 8.08. The van der Waals surface area contributed by atoms with Crippen molar-refractivity contribution in [1.29, 1.82) is 0 Å². The molecule has 1 fully saturated rings. The Morgan fingerprint density at radius 2 is 2.05 bits per heavy atom. The van der Waals surface area contributed by atoms with Crippen molar-refractivity contribution in [2.45, 2.75) is 71.4 Å². The summed E-state index contributed by atoms with van der Waals surface area (Å²) in [5.74, 6) is 0. The maximum Gasteiger partial charge on any atom is 0.0107 e. The molecule has 1 heterocycles. The molecule has 1 saturated heterocycles. The van der Waals surface area contributed by atoms with Gasteiger partial charge in [-0.05, 0) is 52.2 Å². The molecule has 2 atom stereocenters. The van der Waals surface area contributed by atoms with Crippen molar-refractivity contribution in [1.82, 2.24) is 15.5 Å². The predicted molar refractivity (Wildman–Crippen MR) is 84.7 cm³/mol. The summed E-state index contributed by atoms with van der Waals surface area (Å²) in [4.78, 5) is 2.53. The zero-order valence-electron chi connectivity index (χ0n) is 13.4. The summed E-state index contributed by atoms with van der Waals surface area (Å²) in [7, 11) is 0. The van der Waals surface area contributed by atoms with Crippen molar-refractivity contribution >= 4 is 0 Å². The number of rotatable bonds is 9. The molecule has 19 heavy (non-hydrogen) atoms. The molecule has 3 nitrogen and oxygen atoms in total. The number of nitrogens with zero attached hydrogens (tertiary/aromatic N) is 1. The van der Waals surface area contributed by atoms with Gasteiger partial charge in [0.1, 0.15) is 0 Å². The zero-order chi connectivity index (χ0) is 13.9. The van der Waals surface area contributed by atoms with Crippen LogP contribution < -0.4 is 10.6 Å². The Balaban J connectivity index is 2.10. The van der Waals surface area contributed by atoms with Crippen LogP contribution >= 0.6 is 0 Å². The first-order chi connectivity index (χ1) is 9.26. The van der Waals surface area contributed by atoms with Gasteiger partial charge in [0.05, 0.1) is 0 Å². The highest BCUT2D eigenvalue weighted by Crippen LogP contribution is 2.12. The normalized spacial score (nSPS) is 22.4. The molecule has 0 aromatic rings. The second-order valence-corrected chi connectivity index (χ2v) is 6.03. The molecule has 1 aliphatic rings. The van der Waals surface area contributed by atoms with E-state index in [1.54, 1.807) is 0 Å². The molecule has 0 saturated carbocycles. The SMILES string of the molecule is CCCN(CC)CCNC(C)CC1CCCCCN1. The van der Waals surface area contributed by atoms with Gasteiger partial charge in [0.25, 0.3) is 0 Å². The molecule has 0 radical (unpaired) electrons. The van der Waals surface area contributed by atoms with E-state index in [4.69, 9.17) is 0 Å².